The molecule has 0 aliphatic rings. The molecule has 0 aliphatic carbocycles. The quantitative estimate of drug-likeness (QED) is 0.661. The van der Waals surface area contributed by atoms with Crippen molar-refractivity contribution in [1.29, 1.82) is 0 Å². The van der Waals surface area contributed by atoms with E-state index in [-0.39, 0.29) is 29.3 Å². The molecule has 0 heterocycles. The van der Waals surface area contributed by atoms with Crippen molar-refractivity contribution < 1.29 is 32.2 Å². The number of rotatable bonds is 9. The lowest BCUT2D eigenvalue weighted by molar-refractivity contribution is -0.139. The van der Waals surface area contributed by atoms with Crippen molar-refractivity contribution in [3.63, 3.8) is 0 Å². The molecule has 0 spiro atoms. The number of halogens is 1. The molecule has 8 nitrogen and oxygen atoms in total. The van der Waals surface area contributed by atoms with Gasteiger partial charge in [0.1, 0.15) is 12.4 Å². The molecule has 1 unspecified atom stereocenters. The van der Waals surface area contributed by atoms with Gasteiger partial charge in [-0.1, -0.05) is 13.8 Å². The normalized spacial score (nSPS) is 12.7. The number of methoxy groups -OCH3 is 1. The number of amides is 1. The average Bonchev–Trinajstić information content (AvgIpc) is 2.59. The van der Waals surface area contributed by atoms with Gasteiger partial charge in [0, 0.05) is 13.1 Å². The Labute approximate surface area is 145 Å². The molecule has 0 aromatic heterocycles. The number of hydrogen-bond acceptors (Lipinski definition) is 5. The van der Waals surface area contributed by atoms with Crippen LogP contribution in [0, 0.1) is 0 Å². The summed E-state index contributed by atoms with van der Waals surface area (Å²) in [5.74, 6) is -2.45. The molecule has 1 amide bonds. The summed E-state index contributed by atoms with van der Waals surface area (Å²) in [6, 6.07) is 1.92. The van der Waals surface area contributed by atoms with Crippen molar-refractivity contribution in [1.82, 2.24) is 9.62 Å². The zero-order valence-corrected chi connectivity index (χ0v) is 15.0. The van der Waals surface area contributed by atoms with Gasteiger partial charge in [-0.2, -0.15) is 4.31 Å². The molecule has 10 heteroatoms. The summed E-state index contributed by atoms with van der Waals surface area (Å²) in [4.78, 5) is 23.0. The van der Waals surface area contributed by atoms with Gasteiger partial charge >= 0.3 is 5.97 Å². The maximum atomic E-state index is 12.7. The maximum Gasteiger partial charge on any atom is 0.328 e. The van der Waals surface area contributed by atoms with Gasteiger partial charge in [-0.15, -0.1) is 0 Å². The van der Waals surface area contributed by atoms with Gasteiger partial charge in [0.2, 0.25) is 10.0 Å². The summed E-state index contributed by atoms with van der Waals surface area (Å²) in [6.45, 7) is 2.54. The molecular weight excluding hydrogens is 355 g/mol. The highest BCUT2D eigenvalue weighted by Crippen LogP contribution is 2.24. The minimum atomic E-state index is -3.83. The molecule has 1 aromatic carbocycles. The first-order valence-electron chi connectivity index (χ1n) is 7.50. The van der Waals surface area contributed by atoms with Crippen LogP contribution in [0.25, 0.3) is 0 Å². The molecule has 1 aromatic rings. The number of carboxylic acid groups (broad SMARTS) is 1. The molecule has 2 N–H and O–H groups in total. The Kier molecular flexibility index (Phi) is 7.31. The Morgan fingerprint density at radius 3 is 2.36 bits per heavy atom. The van der Waals surface area contributed by atoms with E-state index >= 15 is 0 Å². The Bertz CT molecular complexity index is 734. The largest absolute Gasteiger partial charge is 0.496 e. The number of carbonyl (C=O) groups is 2. The molecule has 0 saturated heterocycles. The van der Waals surface area contributed by atoms with Crippen molar-refractivity contribution in [3.8, 4) is 5.75 Å². The van der Waals surface area contributed by atoms with Gasteiger partial charge in [-0.05, 0) is 18.2 Å². The van der Waals surface area contributed by atoms with Crippen LogP contribution in [0.1, 0.15) is 24.2 Å². The van der Waals surface area contributed by atoms with Crippen LogP contribution >= 0.6 is 0 Å². The smallest absolute Gasteiger partial charge is 0.328 e. The Morgan fingerprint density at radius 1 is 1.32 bits per heavy atom. The van der Waals surface area contributed by atoms with Crippen LogP contribution in [0.4, 0.5) is 4.39 Å². The van der Waals surface area contributed by atoms with E-state index in [1.165, 1.54) is 23.5 Å². The van der Waals surface area contributed by atoms with E-state index in [2.05, 4.69) is 0 Å². The molecule has 0 saturated carbocycles. The van der Waals surface area contributed by atoms with Crippen LogP contribution in [0.5, 0.6) is 5.75 Å². The summed E-state index contributed by atoms with van der Waals surface area (Å²) in [5, 5.41) is 10.8. The first-order valence-corrected chi connectivity index (χ1v) is 8.94. The second kappa shape index (κ2) is 8.77. The topological polar surface area (TPSA) is 113 Å². The first-order chi connectivity index (χ1) is 11.7. The fourth-order valence-corrected chi connectivity index (χ4v) is 3.62. The lowest BCUT2D eigenvalue weighted by atomic mass is 10.1. The number of aliphatic carboxylic acids is 1. The number of hydrogen-bond donors (Lipinski definition) is 2. The predicted octanol–water partition coefficient (Wildman–Crippen LogP) is 0.878. The second-order valence-electron chi connectivity index (χ2n) is 4.97. The summed E-state index contributed by atoms with van der Waals surface area (Å²) in [5.41, 5.74) is -0.199. The van der Waals surface area contributed by atoms with Crippen LogP contribution in [0.3, 0.4) is 0 Å². The monoisotopic (exact) mass is 376 g/mol. The highest BCUT2D eigenvalue weighted by molar-refractivity contribution is 7.89. The van der Waals surface area contributed by atoms with Gasteiger partial charge in [-0.3, -0.25) is 4.79 Å². The molecule has 0 fully saturated rings. The highest BCUT2D eigenvalue weighted by atomic mass is 32.2. The van der Waals surface area contributed by atoms with Crippen LogP contribution in [0.15, 0.2) is 23.1 Å². The third-order valence-corrected chi connectivity index (χ3v) is 5.56. The van der Waals surface area contributed by atoms with Gasteiger partial charge in [0.25, 0.3) is 5.91 Å². The van der Waals surface area contributed by atoms with Crippen molar-refractivity contribution in [2.75, 3.05) is 26.9 Å². The first kappa shape index (κ1) is 20.8. The third-order valence-electron chi connectivity index (χ3n) is 3.52. The van der Waals surface area contributed by atoms with Crippen LogP contribution in [-0.4, -0.2) is 62.6 Å². The summed E-state index contributed by atoms with van der Waals surface area (Å²) in [7, 11) is -2.55. The summed E-state index contributed by atoms with van der Waals surface area (Å²) in [6.07, 6.45) is 0. The summed E-state index contributed by atoms with van der Waals surface area (Å²) >= 11 is 0. The Morgan fingerprint density at radius 2 is 1.92 bits per heavy atom. The number of ether oxygens (including phenoxy) is 1. The minimum Gasteiger partial charge on any atom is -0.496 e. The fraction of sp³-hybridized carbons (Fsp3) is 0.467. The molecule has 25 heavy (non-hydrogen) atoms. The van der Waals surface area contributed by atoms with Gasteiger partial charge < -0.3 is 15.2 Å². The van der Waals surface area contributed by atoms with Gasteiger partial charge in [-0.25, -0.2) is 17.6 Å². The Balaban J connectivity index is 3.32. The van der Waals surface area contributed by atoms with E-state index in [0.717, 1.165) is 6.07 Å². The molecule has 0 bridgehead atoms. The molecule has 0 aliphatic heterocycles. The van der Waals surface area contributed by atoms with Crippen molar-refractivity contribution in [2.45, 2.75) is 24.8 Å². The van der Waals surface area contributed by atoms with Gasteiger partial charge in [0.05, 0.1) is 17.6 Å². The van der Waals surface area contributed by atoms with Crippen molar-refractivity contribution in [2.24, 2.45) is 0 Å². The molecule has 1 rings (SSSR count). The van der Waals surface area contributed by atoms with E-state index in [4.69, 9.17) is 9.84 Å². The summed E-state index contributed by atoms with van der Waals surface area (Å²) < 4.78 is 44.0. The van der Waals surface area contributed by atoms with Crippen LogP contribution in [-0.2, 0) is 14.8 Å². The number of alkyl halides is 1. The highest BCUT2D eigenvalue weighted by Gasteiger charge is 2.26. The fourth-order valence-electron chi connectivity index (χ4n) is 2.14. The standard InChI is InChI=1S/C15H21FN2O6S/c1-4-18(5-2)25(22,23)10-6-7-13(24-3)11(8-10)14(19)17-12(9-16)15(20)21/h6-8,12H,4-5,9H2,1-3H3,(H,17,19)(H,20,21). The number of carbonyl (C=O) groups excluding carboxylic acids is 1. The zero-order valence-electron chi connectivity index (χ0n) is 14.2. The van der Waals surface area contributed by atoms with Crippen LogP contribution < -0.4 is 10.1 Å². The molecule has 1 atom stereocenters. The third kappa shape index (κ3) is 4.67. The van der Waals surface area contributed by atoms with E-state index in [9.17, 15) is 22.4 Å². The molecule has 140 valence electrons. The van der Waals surface area contributed by atoms with E-state index in [1.807, 2.05) is 5.32 Å². The molecule has 0 radical (unpaired) electrons. The Hall–Kier alpha value is -2.20. The lowest BCUT2D eigenvalue weighted by Gasteiger charge is -2.19. The number of benzene rings is 1. The van der Waals surface area contributed by atoms with E-state index < -0.39 is 34.6 Å². The number of sulfonamides is 1. The SMILES string of the molecule is CCN(CC)S(=O)(=O)c1ccc(OC)c(C(=O)NC(CF)C(=O)O)c1. The minimum absolute atomic E-state index is 0.0407. The lowest BCUT2D eigenvalue weighted by Crippen LogP contribution is -2.42. The number of carboxylic acids is 1. The second-order valence-corrected chi connectivity index (χ2v) is 6.91. The van der Waals surface area contributed by atoms with Crippen molar-refractivity contribution >= 4 is 21.9 Å². The van der Waals surface area contributed by atoms with Gasteiger partial charge in [0.15, 0.2) is 6.04 Å². The van der Waals surface area contributed by atoms with E-state index in [0.29, 0.717) is 0 Å². The zero-order chi connectivity index (χ0) is 19.2. The number of nitrogens with one attached hydrogen (secondary N) is 1. The maximum absolute atomic E-state index is 12.7. The average molecular weight is 376 g/mol. The van der Waals surface area contributed by atoms with Crippen molar-refractivity contribution in [3.05, 3.63) is 23.8 Å². The molecular formula is C15H21FN2O6S. The predicted molar refractivity (Wildman–Crippen MR) is 88.0 cm³/mol. The number of nitrogens with zero attached hydrogens (tertiary/aromatic N) is 1. The van der Waals surface area contributed by atoms with E-state index in [1.54, 1.807) is 13.8 Å². The van der Waals surface area contributed by atoms with Crippen LogP contribution in [0.2, 0.25) is 0 Å².